The molecular formula is C16H34N2O. The summed E-state index contributed by atoms with van der Waals surface area (Å²) in [5.41, 5.74) is 0. The van der Waals surface area contributed by atoms with E-state index in [4.69, 9.17) is 4.74 Å². The van der Waals surface area contributed by atoms with Crippen molar-refractivity contribution in [3.63, 3.8) is 0 Å². The molecule has 3 unspecified atom stereocenters. The summed E-state index contributed by atoms with van der Waals surface area (Å²) < 4.78 is 5.79. The van der Waals surface area contributed by atoms with Gasteiger partial charge in [0.15, 0.2) is 0 Å². The quantitative estimate of drug-likeness (QED) is 0.733. The topological polar surface area (TPSA) is 24.5 Å². The molecule has 1 fully saturated rings. The molecule has 0 spiro atoms. The van der Waals surface area contributed by atoms with E-state index in [9.17, 15) is 0 Å². The third kappa shape index (κ3) is 5.80. The summed E-state index contributed by atoms with van der Waals surface area (Å²) in [5, 5.41) is 3.77. The van der Waals surface area contributed by atoms with E-state index < -0.39 is 0 Å². The fraction of sp³-hybridized carbons (Fsp3) is 1.00. The van der Waals surface area contributed by atoms with Gasteiger partial charge in [-0.15, -0.1) is 0 Å². The molecule has 0 aromatic heterocycles. The van der Waals surface area contributed by atoms with Crippen molar-refractivity contribution in [2.24, 2.45) is 0 Å². The fourth-order valence-corrected chi connectivity index (χ4v) is 3.20. The summed E-state index contributed by atoms with van der Waals surface area (Å²) in [4.78, 5) is 2.67. The van der Waals surface area contributed by atoms with Crippen LogP contribution < -0.4 is 5.32 Å². The molecule has 0 bridgehead atoms. The zero-order valence-electron chi connectivity index (χ0n) is 13.5. The van der Waals surface area contributed by atoms with Gasteiger partial charge in [0.1, 0.15) is 0 Å². The van der Waals surface area contributed by atoms with Crippen molar-refractivity contribution >= 4 is 0 Å². The summed E-state index contributed by atoms with van der Waals surface area (Å²) in [6.07, 6.45) is 6.55. The van der Waals surface area contributed by atoms with Gasteiger partial charge in [0.05, 0.1) is 6.10 Å². The molecule has 0 aliphatic carbocycles. The highest BCUT2D eigenvalue weighted by molar-refractivity contribution is 4.85. The number of rotatable bonds is 8. The van der Waals surface area contributed by atoms with Crippen molar-refractivity contribution in [3.8, 4) is 0 Å². The Morgan fingerprint density at radius 1 is 1.26 bits per heavy atom. The first-order valence-corrected chi connectivity index (χ1v) is 8.31. The first-order chi connectivity index (χ1) is 9.22. The van der Waals surface area contributed by atoms with Gasteiger partial charge in [0.25, 0.3) is 0 Å². The minimum atomic E-state index is 0.380. The van der Waals surface area contributed by atoms with Gasteiger partial charge in [-0.25, -0.2) is 0 Å². The van der Waals surface area contributed by atoms with Crippen molar-refractivity contribution in [1.82, 2.24) is 10.2 Å². The van der Waals surface area contributed by atoms with Crippen LogP contribution in [0.2, 0.25) is 0 Å². The Morgan fingerprint density at radius 3 is 2.68 bits per heavy atom. The van der Waals surface area contributed by atoms with Crippen LogP contribution in [0.1, 0.15) is 59.8 Å². The molecule has 0 saturated carbocycles. The van der Waals surface area contributed by atoms with Gasteiger partial charge >= 0.3 is 0 Å². The predicted molar refractivity (Wildman–Crippen MR) is 82.7 cm³/mol. The summed E-state index contributed by atoms with van der Waals surface area (Å²) in [7, 11) is 0. The van der Waals surface area contributed by atoms with Crippen molar-refractivity contribution < 1.29 is 4.74 Å². The van der Waals surface area contributed by atoms with Crippen molar-refractivity contribution in [3.05, 3.63) is 0 Å². The van der Waals surface area contributed by atoms with Crippen molar-refractivity contribution in [2.75, 3.05) is 26.2 Å². The monoisotopic (exact) mass is 270 g/mol. The van der Waals surface area contributed by atoms with E-state index in [0.29, 0.717) is 18.2 Å². The van der Waals surface area contributed by atoms with Crippen LogP contribution in [0.4, 0.5) is 0 Å². The maximum Gasteiger partial charge on any atom is 0.0674 e. The molecular weight excluding hydrogens is 236 g/mol. The molecule has 1 N–H and O–H groups in total. The van der Waals surface area contributed by atoms with Crippen molar-refractivity contribution in [1.29, 1.82) is 0 Å². The third-order valence-electron chi connectivity index (χ3n) is 4.09. The molecule has 19 heavy (non-hydrogen) atoms. The van der Waals surface area contributed by atoms with Crippen LogP contribution in [-0.2, 0) is 4.74 Å². The normalized spacial score (nSPS) is 24.9. The lowest BCUT2D eigenvalue weighted by Crippen LogP contribution is -2.51. The minimum Gasteiger partial charge on any atom is -0.377 e. The van der Waals surface area contributed by atoms with Gasteiger partial charge in [0, 0.05) is 31.8 Å². The first kappa shape index (κ1) is 16.9. The average molecular weight is 270 g/mol. The molecule has 1 heterocycles. The second-order valence-corrected chi connectivity index (χ2v) is 5.85. The molecule has 1 aliphatic rings. The number of hydrogen-bond acceptors (Lipinski definition) is 3. The van der Waals surface area contributed by atoms with Gasteiger partial charge < -0.3 is 10.1 Å². The van der Waals surface area contributed by atoms with Gasteiger partial charge in [-0.05, 0) is 39.2 Å². The summed E-state index contributed by atoms with van der Waals surface area (Å²) in [5.74, 6) is 0. The Kier molecular flexibility index (Phi) is 8.67. The molecule has 3 nitrogen and oxygen atoms in total. The summed E-state index contributed by atoms with van der Waals surface area (Å²) >= 11 is 0. The zero-order valence-corrected chi connectivity index (χ0v) is 13.5. The van der Waals surface area contributed by atoms with E-state index in [1.54, 1.807) is 0 Å². The molecule has 0 aromatic rings. The van der Waals surface area contributed by atoms with Crippen molar-refractivity contribution in [2.45, 2.75) is 78.0 Å². The largest absolute Gasteiger partial charge is 0.377 e. The molecule has 3 atom stereocenters. The van der Waals surface area contributed by atoms with E-state index >= 15 is 0 Å². The second-order valence-electron chi connectivity index (χ2n) is 5.85. The smallest absolute Gasteiger partial charge is 0.0674 e. The Balaban J connectivity index is 2.64. The average Bonchev–Trinajstić information content (AvgIpc) is 2.61. The highest BCUT2D eigenvalue weighted by Gasteiger charge is 2.27. The molecule has 114 valence electrons. The zero-order chi connectivity index (χ0) is 14.1. The van der Waals surface area contributed by atoms with Crippen LogP contribution in [0.25, 0.3) is 0 Å². The number of ether oxygens (including phenoxy) is 1. The number of nitrogens with one attached hydrogen (secondary N) is 1. The van der Waals surface area contributed by atoms with E-state index in [-0.39, 0.29) is 0 Å². The maximum absolute atomic E-state index is 5.79. The second kappa shape index (κ2) is 9.73. The molecule has 1 aliphatic heterocycles. The van der Waals surface area contributed by atoms with E-state index in [1.165, 1.54) is 38.6 Å². The van der Waals surface area contributed by atoms with Crippen LogP contribution in [0, 0.1) is 0 Å². The molecule has 1 saturated heterocycles. The van der Waals surface area contributed by atoms with Crippen LogP contribution >= 0.6 is 0 Å². The molecule has 0 amide bonds. The van der Waals surface area contributed by atoms with Gasteiger partial charge in [-0.3, -0.25) is 4.90 Å². The molecule has 1 rings (SSSR count). The lowest BCUT2D eigenvalue weighted by molar-refractivity contribution is 0.0548. The van der Waals surface area contributed by atoms with Gasteiger partial charge in [-0.2, -0.15) is 0 Å². The standard InChI is InChI=1S/C16H34N2O/c1-5-9-15(17-10-6-2)16(7-3)18-11-8-12-19-14(4)13-18/h14-17H,5-13H2,1-4H3. The van der Waals surface area contributed by atoms with Gasteiger partial charge in [0.2, 0.25) is 0 Å². The molecule has 0 aromatic carbocycles. The van der Waals surface area contributed by atoms with E-state index in [2.05, 4.69) is 37.9 Å². The van der Waals surface area contributed by atoms with Crippen LogP contribution in [0.15, 0.2) is 0 Å². The van der Waals surface area contributed by atoms with E-state index in [0.717, 1.165) is 19.7 Å². The lowest BCUT2D eigenvalue weighted by Gasteiger charge is -2.37. The molecule has 0 radical (unpaired) electrons. The Hall–Kier alpha value is -0.120. The Labute approximate surface area is 120 Å². The number of nitrogens with zero attached hydrogens (tertiary/aromatic N) is 1. The Bertz CT molecular complexity index is 223. The summed E-state index contributed by atoms with van der Waals surface area (Å²) in [6, 6.07) is 1.30. The predicted octanol–water partition coefficient (Wildman–Crippen LogP) is 3.04. The van der Waals surface area contributed by atoms with Gasteiger partial charge in [-0.1, -0.05) is 27.2 Å². The SMILES string of the molecule is CCCNC(CCC)C(CC)N1CCCOC(C)C1. The van der Waals surface area contributed by atoms with Crippen LogP contribution in [0.5, 0.6) is 0 Å². The third-order valence-corrected chi connectivity index (χ3v) is 4.09. The van der Waals surface area contributed by atoms with Crippen LogP contribution in [0.3, 0.4) is 0 Å². The van der Waals surface area contributed by atoms with E-state index in [1.807, 2.05) is 0 Å². The highest BCUT2D eigenvalue weighted by Crippen LogP contribution is 2.17. The molecule has 3 heteroatoms. The summed E-state index contributed by atoms with van der Waals surface area (Å²) in [6.45, 7) is 13.4. The number of hydrogen-bond donors (Lipinski definition) is 1. The maximum atomic E-state index is 5.79. The first-order valence-electron chi connectivity index (χ1n) is 8.31. The Morgan fingerprint density at radius 2 is 2.05 bits per heavy atom. The highest BCUT2D eigenvalue weighted by atomic mass is 16.5. The fourth-order valence-electron chi connectivity index (χ4n) is 3.20. The minimum absolute atomic E-state index is 0.380. The van der Waals surface area contributed by atoms with Crippen LogP contribution in [-0.4, -0.2) is 49.3 Å². The lowest BCUT2D eigenvalue weighted by atomic mass is 9.98.